The van der Waals surface area contributed by atoms with Gasteiger partial charge in [-0.05, 0) is 61.3 Å². The number of ether oxygens (including phenoxy) is 3. The molecule has 0 aromatic heterocycles. The molecule has 0 spiro atoms. The van der Waals surface area contributed by atoms with E-state index in [0.717, 1.165) is 54.8 Å². The van der Waals surface area contributed by atoms with Crippen molar-refractivity contribution in [3.05, 3.63) is 53.6 Å². The van der Waals surface area contributed by atoms with E-state index in [0.29, 0.717) is 19.8 Å². The number of guanidine groups is 1. The highest BCUT2D eigenvalue weighted by Gasteiger charge is 2.24. The standard InChI is InChI=1S/C25H34N4O3/c1-26-25(27-17-19-9-10-23-24(15-19)32-14-6-13-31-23)28-18-22(29-11-3-4-12-29)20-7-5-8-21(16-20)30-2/h5,7-10,15-16,22H,3-4,6,11-14,17-18H2,1-2H3,(H2,26,27,28). The fourth-order valence-corrected chi connectivity index (χ4v) is 4.28. The van der Waals surface area contributed by atoms with E-state index in [9.17, 15) is 0 Å². The minimum Gasteiger partial charge on any atom is -0.497 e. The number of aliphatic imine (C=N–C) groups is 1. The average Bonchev–Trinajstić information content (AvgIpc) is 3.26. The molecular formula is C25H34N4O3. The summed E-state index contributed by atoms with van der Waals surface area (Å²) in [6.45, 7) is 5.05. The molecule has 1 unspecified atom stereocenters. The van der Waals surface area contributed by atoms with Crippen molar-refractivity contribution in [1.82, 2.24) is 15.5 Å². The third-order valence-electron chi connectivity index (χ3n) is 6.02. The van der Waals surface area contributed by atoms with Crippen molar-refractivity contribution in [2.24, 2.45) is 4.99 Å². The molecule has 1 saturated heterocycles. The van der Waals surface area contributed by atoms with Crippen LogP contribution in [-0.2, 0) is 6.54 Å². The summed E-state index contributed by atoms with van der Waals surface area (Å²) in [6, 6.07) is 14.7. The molecule has 1 atom stereocenters. The second kappa shape index (κ2) is 11.1. The van der Waals surface area contributed by atoms with E-state index < -0.39 is 0 Å². The third-order valence-corrected chi connectivity index (χ3v) is 6.02. The Morgan fingerprint density at radius 3 is 2.62 bits per heavy atom. The zero-order valence-electron chi connectivity index (χ0n) is 19.1. The second-order valence-corrected chi connectivity index (χ2v) is 8.17. The first-order valence-electron chi connectivity index (χ1n) is 11.5. The van der Waals surface area contributed by atoms with Crippen LogP contribution in [0.1, 0.15) is 36.4 Å². The average molecular weight is 439 g/mol. The predicted octanol–water partition coefficient (Wildman–Crippen LogP) is 3.36. The molecule has 7 heteroatoms. The molecule has 172 valence electrons. The highest BCUT2D eigenvalue weighted by molar-refractivity contribution is 5.79. The van der Waals surface area contributed by atoms with Crippen molar-refractivity contribution in [1.29, 1.82) is 0 Å². The van der Waals surface area contributed by atoms with Crippen LogP contribution >= 0.6 is 0 Å². The van der Waals surface area contributed by atoms with Gasteiger partial charge < -0.3 is 24.8 Å². The van der Waals surface area contributed by atoms with Crippen LogP contribution in [0.15, 0.2) is 47.5 Å². The third kappa shape index (κ3) is 5.65. The Labute approximate surface area is 190 Å². The molecule has 4 rings (SSSR count). The molecule has 2 N–H and O–H groups in total. The number of benzene rings is 2. The Balaban J connectivity index is 1.38. The van der Waals surface area contributed by atoms with Gasteiger partial charge in [-0.25, -0.2) is 0 Å². The molecule has 32 heavy (non-hydrogen) atoms. The molecule has 2 aliphatic heterocycles. The summed E-state index contributed by atoms with van der Waals surface area (Å²) in [5.74, 6) is 3.31. The van der Waals surface area contributed by atoms with Crippen molar-refractivity contribution in [2.75, 3.05) is 47.0 Å². The van der Waals surface area contributed by atoms with E-state index in [1.807, 2.05) is 18.2 Å². The van der Waals surface area contributed by atoms with Crippen molar-refractivity contribution in [3.63, 3.8) is 0 Å². The van der Waals surface area contributed by atoms with Gasteiger partial charge >= 0.3 is 0 Å². The SMILES string of the molecule is CN=C(NCc1ccc2c(c1)OCCCO2)NCC(c1cccc(OC)c1)N1CCCC1. The quantitative estimate of drug-likeness (QED) is 0.510. The van der Waals surface area contributed by atoms with E-state index in [1.54, 1.807) is 14.2 Å². The summed E-state index contributed by atoms with van der Waals surface area (Å²) in [7, 11) is 3.52. The molecule has 2 heterocycles. The molecule has 7 nitrogen and oxygen atoms in total. The van der Waals surface area contributed by atoms with Crippen LogP contribution in [0.4, 0.5) is 0 Å². The second-order valence-electron chi connectivity index (χ2n) is 8.17. The lowest BCUT2D eigenvalue weighted by Gasteiger charge is -2.29. The van der Waals surface area contributed by atoms with E-state index in [4.69, 9.17) is 14.2 Å². The van der Waals surface area contributed by atoms with Gasteiger partial charge in [0.15, 0.2) is 17.5 Å². The lowest BCUT2D eigenvalue weighted by atomic mass is 10.1. The number of rotatable bonds is 7. The predicted molar refractivity (Wildman–Crippen MR) is 127 cm³/mol. The minimum absolute atomic E-state index is 0.268. The highest BCUT2D eigenvalue weighted by atomic mass is 16.5. The fraction of sp³-hybridized carbons (Fsp3) is 0.480. The van der Waals surface area contributed by atoms with Crippen molar-refractivity contribution < 1.29 is 14.2 Å². The Morgan fingerprint density at radius 1 is 1.03 bits per heavy atom. The first-order chi connectivity index (χ1) is 15.8. The molecule has 0 saturated carbocycles. The molecule has 2 aliphatic rings. The van der Waals surface area contributed by atoms with Gasteiger partial charge in [-0.3, -0.25) is 9.89 Å². The first-order valence-corrected chi connectivity index (χ1v) is 11.5. The molecule has 0 amide bonds. The number of hydrogen-bond acceptors (Lipinski definition) is 5. The smallest absolute Gasteiger partial charge is 0.191 e. The van der Waals surface area contributed by atoms with Crippen molar-refractivity contribution in [2.45, 2.75) is 31.8 Å². The van der Waals surface area contributed by atoms with Crippen LogP contribution in [-0.4, -0.2) is 57.9 Å². The van der Waals surface area contributed by atoms with Crippen molar-refractivity contribution >= 4 is 5.96 Å². The number of fused-ring (bicyclic) bond motifs is 1. The normalized spacial score (nSPS) is 17.5. The lowest BCUT2D eigenvalue weighted by molar-refractivity contribution is 0.245. The van der Waals surface area contributed by atoms with E-state index in [1.165, 1.54) is 18.4 Å². The van der Waals surface area contributed by atoms with Crippen LogP contribution in [0.3, 0.4) is 0 Å². The summed E-state index contributed by atoms with van der Waals surface area (Å²) < 4.78 is 17.0. The first kappa shape index (κ1) is 22.3. The summed E-state index contributed by atoms with van der Waals surface area (Å²) in [4.78, 5) is 6.97. The van der Waals surface area contributed by atoms with Crippen LogP contribution in [0, 0.1) is 0 Å². The van der Waals surface area contributed by atoms with Gasteiger partial charge in [-0.15, -0.1) is 0 Å². The van der Waals surface area contributed by atoms with Gasteiger partial charge in [0, 0.05) is 26.6 Å². The van der Waals surface area contributed by atoms with Gasteiger partial charge in [-0.1, -0.05) is 18.2 Å². The zero-order valence-corrected chi connectivity index (χ0v) is 19.1. The molecule has 1 fully saturated rings. The molecule has 0 radical (unpaired) electrons. The topological polar surface area (TPSA) is 67.4 Å². The van der Waals surface area contributed by atoms with Gasteiger partial charge in [0.05, 0.1) is 26.4 Å². The highest BCUT2D eigenvalue weighted by Crippen LogP contribution is 2.30. The van der Waals surface area contributed by atoms with Crippen molar-refractivity contribution in [3.8, 4) is 17.2 Å². The van der Waals surface area contributed by atoms with E-state index >= 15 is 0 Å². The largest absolute Gasteiger partial charge is 0.497 e. The Morgan fingerprint density at radius 2 is 1.84 bits per heavy atom. The van der Waals surface area contributed by atoms with Crippen LogP contribution in [0.5, 0.6) is 17.2 Å². The van der Waals surface area contributed by atoms with Gasteiger partial charge in [-0.2, -0.15) is 0 Å². The van der Waals surface area contributed by atoms with Crippen LogP contribution < -0.4 is 24.8 Å². The zero-order chi connectivity index (χ0) is 22.2. The Bertz CT molecular complexity index is 912. The number of likely N-dealkylation sites (tertiary alicyclic amines) is 1. The van der Waals surface area contributed by atoms with Gasteiger partial charge in [0.2, 0.25) is 0 Å². The number of nitrogens with one attached hydrogen (secondary N) is 2. The lowest BCUT2D eigenvalue weighted by Crippen LogP contribution is -2.42. The maximum Gasteiger partial charge on any atom is 0.191 e. The minimum atomic E-state index is 0.268. The number of methoxy groups -OCH3 is 1. The fourth-order valence-electron chi connectivity index (χ4n) is 4.28. The monoisotopic (exact) mass is 438 g/mol. The maximum atomic E-state index is 5.81. The number of hydrogen-bond donors (Lipinski definition) is 2. The summed E-state index contributed by atoms with van der Waals surface area (Å²) in [6.07, 6.45) is 3.40. The molecule has 0 aliphatic carbocycles. The summed E-state index contributed by atoms with van der Waals surface area (Å²) in [5.41, 5.74) is 2.39. The van der Waals surface area contributed by atoms with Crippen LogP contribution in [0.2, 0.25) is 0 Å². The molecule has 2 aromatic carbocycles. The molecule has 0 bridgehead atoms. The number of nitrogens with zero attached hydrogens (tertiary/aromatic N) is 2. The Kier molecular flexibility index (Phi) is 7.72. The molecule has 2 aromatic rings. The Hall–Kier alpha value is -2.93. The van der Waals surface area contributed by atoms with Gasteiger partial charge in [0.1, 0.15) is 5.75 Å². The van der Waals surface area contributed by atoms with E-state index in [2.05, 4.69) is 44.8 Å². The maximum absolute atomic E-state index is 5.81. The van der Waals surface area contributed by atoms with Gasteiger partial charge in [0.25, 0.3) is 0 Å². The van der Waals surface area contributed by atoms with Crippen LogP contribution in [0.25, 0.3) is 0 Å². The van der Waals surface area contributed by atoms with E-state index in [-0.39, 0.29) is 6.04 Å². The summed E-state index contributed by atoms with van der Waals surface area (Å²) >= 11 is 0. The molecular weight excluding hydrogens is 404 g/mol. The summed E-state index contributed by atoms with van der Waals surface area (Å²) in [5, 5.41) is 6.95.